The Balaban J connectivity index is 0.000000234. The number of esters is 3. The predicted molar refractivity (Wildman–Crippen MR) is 250 cm³/mol. The molecule has 0 aromatic heterocycles. The molecule has 0 amide bonds. The number of ketones is 1. The quantitative estimate of drug-likeness (QED) is 0.0844. The van der Waals surface area contributed by atoms with Gasteiger partial charge in [0.2, 0.25) is 0 Å². The third-order valence-corrected chi connectivity index (χ3v) is 15.1. The molecule has 7 rings (SSSR count). The Bertz CT molecular complexity index is 1650. The first-order chi connectivity index (χ1) is 32.4. The fourth-order valence-electron chi connectivity index (χ4n) is 10.4. The van der Waals surface area contributed by atoms with Gasteiger partial charge in [-0.05, 0) is 82.0 Å². The molecule has 0 aliphatic heterocycles. The summed E-state index contributed by atoms with van der Waals surface area (Å²) < 4.78 is 114. The van der Waals surface area contributed by atoms with Crippen LogP contribution >= 0.6 is 0 Å². The van der Waals surface area contributed by atoms with Crippen LogP contribution < -0.4 is 0 Å². The first-order valence-electron chi connectivity index (χ1n) is 26.2. The van der Waals surface area contributed by atoms with Crippen molar-refractivity contribution in [2.45, 2.75) is 221 Å². The lowest BCUT2D eigenvalue weighted by atomic mass is 9.49. The summed E-state index contributed by atoms with van der Waals surface area (Å²) >= 11 is 0. The molecule has 0 aromatic carbocycles. The molecule has 7 fully saturated rings. The van der Waals surface area contributed by atoms with Crippen molar-refractivity contribution in [3.05, 3.63) is 0 Å². The number of ether oxygens (including phenoxy) is 6. The number of aliphatic hydroxyl groups excluding tert-OH is 1. The second-order valence-corrected chi connectivity index (χ2v) is 24.4. The van der Waals surface area contributed by atoms with E-state index in [1.807, 2.05) is 0 Å². The SMILES string of the molecule is CC(C)(C)C(F)(F)OCC(COC(=O)C1CCCCC1)OC(=O)C1CCCCC1.CC(C)(C)C(F)(F)OCC(O)COC(=O)C1CCCCC1.CC(C)(C)C(F)(F)OCC12CC3CC(C1)C(=O)C(C3)C2. The van der Waals surface area contributed by atoms with Crippen molar-refractivity contribution in [2.75, 3.05) is 33.0 Å². The summed E-state index contributed by atoms with van der Waals surface area (Å²) in [5, 5.41) is 9.59. The lowest BCUT2D eigenvalue weighted by Gasteiger charge is -2.55. The number of hydrogen-bond acceptors (Lipinski definition) is 11. The van der Waals surface area contributed by atoms with Crippen LogP contribution in [0.25, 0.3) is 0 Å². The zero-order valence-corrected chi connectivity index (χ0v) is 43.6. The Labute approximate surface area is 413 Å². The van der Waals surface area contributed by atoms with E-state index in [1.54, 1.807) is 0 Å². The standard InChI is InChI=1S/C22H36F2O5.C16H24F2O2.C15H26F2O4/c1-21(2,3)22(23,24)28-15-18(29-20(26)17-12-8-5-9-13-17)14-27-19(25)16-10-6-4-7-11-16;1-14(2,3)16(17,18)20-9-15-6-10-4-11(7-15)13(19)12(5-10)8-15;1-14(2,3)15(16,17)21-10-12(18)9-20-13(19)11-7-5-4-6-8-11/h16-18H,4-15H2,1-3H3;10-12H,4-9H2,1-3H3;11-12,18H,4-10H2,1-3H3. The number of hydrogen-bond donors (Lipinski definition) is 1. The molecule has 1 N–H and O–H groups in total. The maximum Gasteiger partial charge on any atom is 0.360 e. The van der Waals surface area contributed by atoms with Crippen molar-refractivity contribution in [3.63, 3.8) is 0 Å². The fourth-order valence-corrected chi connectivity index (χ4v) is 10.4. The highest BCUT2D eigenvalue weighted by Crippen LogP contribution is 2.59. The van der Waals surface area contributed by atoms with Gasteiger partial charge < -0.3 is 33.5 Å². The van der Waals surface area contributed by atoms with E-state index in [9.17, 15) is 50.6 Å². The minimum atomic E-state index is -3.39. The highest BCUT2D eigenvalue weighted by Gasteiger charge is 2.57. The molecule has 0 aromatic rings. The van der Waals surface area contributed by atoms with Gasteiger partial charge in [0.05, 0.1) is 53.8 Å². The summed E-state index contributed by atoms with van der Waals surface area (Å²) in [5.74, 6) is -0.424. The van der Waals surface area contributed by atoms with E-state index in [0.717, 1.165) is 128 Å². The van der Waals surface area contributed by atoms with Crippen molar-refractivity contribution in [1.29, 1.82) is 0 Å². The van der Waals surface area contributed by atoms with Crippen LogP contribution in [0.2, 0.25) is 0 Å². The molecular formula is C53H86F6O11. The second-order valence-electron chi connectivity index (χ2n) is 24.4. The Morgan fingerprint density at radius 3 is 1.31 bits per heavy atom. The molecule has 7 saturated carbocycles. The summed E-state index contributed by atoms with van der Waals surface area (Å²) in [6, 6.07) is 0. The van der Waals surface area contributed by atoms with Crippen LogP contribution in [0.15, 0.2) is 0 Å². The Kier molecular flexibility index (Phi) is 21.6. The molecule has 4 unspecified atom stereocenters. The van der Waals surface area contributed by atoms with E-state index in [2.05, 4.69) is 4.74 Å². The van der Waals surface area contributed by atoms with E-state index in [1.165, 1.54) is 62.3 Å². The number of alkyl halides is 6. The van der Waals surface area contributed by atoms with Gasteiger partial charge in [0.25, 0.3) is 0 Å². The first-order valence-corrected chi connectivity index (χ1v) is 26.2. The maximum absolute atomic E-state index is 14.2. The summed E-state index contributed by atoms with van der Waals surface area (Å²) in [7, 11) is 0. The van der Waals surface area contributed by atoms with E-state index in [-0.39, 0.29) is 66.8 Å². The molecule has 7 aliphatic carbocycles. The van der Waals surface area contributed by atoms with Gasteiger partial charge in [-0.25, -0.2) is 0 Å². The summed E-state index contributed by atoms with van der Waals surface area (Å²) in [5.41, 5.74) is -4.11. The third-order valence-electron chi connectivity index (χ3n) is 15.1. The maximum atomic E-state index is 14.2. The van der Waals surface area contributed by atoms with Gasteiger partial charge in [0, 0.05) is 11.8 Å². The smallest absolute Gasteiger partial charge is 0.360 e. The minimum absolute atomic E-state index is 0.105. The molecule has 406 valence electrons. The number of halogens is 6. The zero-order chi connectivity index (χ0) is 52.3. The Morgan fingerprint density at radius 2 is 0.900 bits per heavy atom. The molecule has 70 heavy (non-hydrogen) atoms. The van der Waals surface area contributed by atoms with Crippen molar-refractivity contribution in [2.24, 2.45) is 57.2 Å². The van der Waals surface area contributed by atoms with Gasteiger partial charge in [0.1, 0.15) is 25.1 Å². The lowest BCUT2D eigenvalue weighted by molar-refractivity contribution is -0.310. The molecule has 7 aliphatic rings. The highest BCUT2D eigenvalue weighted by molar-refractivity contribution is 5.85. The third kappa shape index (κ3) is 17.6. The summed E-state index contributed by atoms with van der Waals surface area (Å²) in [6.07, 6.45) is 6.19. The van der Waals surface area contributed by atoms with Gasteiger partial charge in [-0.3, -0.25) is 19.2 Å². The molecule has 0 saturated heterocycles. The van der Waals surface area contributed by atoms with Crippen LogP contribution in [-0.4, -0.2) is 92.4 Å². The van der Waals surface area contributed by atoms with Crippen LogP contribution in [0.1, 0.15) is 191 Å². The number of aliphatic hydroxyl groups is 1. The van der Waals surface area contributed by atoms with Gasteiger partial charge in [-0.15, -0.1) is 0 Å². The summed E-state index contributed by atoms with van der Waals surface area (Å²) in [4.78, 5) is 48.6. The largest absolute Gasteiger partial charge is 0.463 e. The van der Waals surface area contributed by atoms with E-state index < -0.39 is 66.0 Å². The predicted octanol–water partition coefficient (Wildman–Crippen LogP) is 12.4. The fraction of sp³-hybridized carbons (Fsp3) is 0.925. The van der Waals surface area contributed by atoms with Crippen LogP contribution in [0.4, 0.5) is 26.3 Å². The highest BCUT2D eigenvalue weighted by atomic mass is 19.3. The van der Waals surface area contributed by atoms with Gasteiger partial charge >= 0.3 is 36.2 Å². The molecular weight excluding hydrogens is 927 g/mol. The van der Waals surface area contributed by atoms with Crippen molar-refractivity contribution >= 4 is 23.7 Å². The van der Waals surface area contributed by atoms with Gasteiger partial charge in [-0.2, -0.15) is 26.3 Å². The zero-order valence-electron chi connectivity index (χ0n) is 43.6. The molecule has 0 radical (unpaired) electrons. The molecule has 0 heterocycles. The second kappa shape index (κ2) is 25.2. The number of rotatable bonds is 17. The van der Waals surface area contributed by atoms with Crippen LogP contribution in [0.5, 0.6) is 0 Å². The number of carbonyl (C=O) groups is 4. The lowest BCUT2D eigenvalue weighted by Crippen LogP contribution is -2.54. The molecule has 4 atom stereocenters. The minimum Gasteiger partial charge on any atom is -0.463 e. The average molecular weight is 1010 g/mol. The molecule has 11 nitrogen and oxygen atoms in total. The molecule has 17 heteroatoms. The number of carbonyl (C=O) groups excluding carboxylic acids is 4. The Hall–Kier alpha value is -2.50. The van der Waals surface area contributed by atoms with Crippen LogP contribution in [-0.2, 0) is 47.6 Å². The monoisotopic (exact) mass is 1010 g/mol. The molecule has 0 spiro atoms. The average Bonchev–Trinajstić information content (AvgIpc) is 3.29. The number of Topliss-reactive ketones (excluding diaryl/α,β-unsaturated/α-hetero) is 1. The van der Waals surface area contributed by atoms with Gasteiger partial charge in [0.15, 0.2) is 6.10 Å². The van der Waals surface area contributed by atoms with Gasteiger partial charge in [-0.1, -0.05) is 120 Å². The Morgan fingerprint density at radius 1 is 0.529 bits per heavy atom. The molecule has 4 bridgehead atoms. The van der Waals surface area contributed by atoms with Crippen LogP contribution in [0.3, 0.4) is 0 Å². The van der Waals surface area contributed by atoms with E-state index in [4.69, 9.17) is 23.7 Å². The van der Waals surface area contributed by atoms with Crippen molar-refractivity contribution < 1.29 is 79.0 Å². The normalized spacial score (nSPS) is 26.0. The van der Waals surface area contributed by atoms with Crippen molar-refractivity contribution in [3.8, 4) is 0 Å². The van der Waals surface area contributed by atoms with Crippen LogP contribution in [0, 0.1) is 57.2 Å². The van der Waals surface area contributed by atoms with Crippen molar-refractivity contribution in [1.82, 2.24) is 0 Å². The van der Waals surface area contributed by atoms with E-state index in [0.29, 0.717) is 11.7 Å². The summed E-state index contributed by atoms with van der Waals surface area (Å²) in [6.45, 7) is 11.1. The van der Waals surface area contributed by atoms with E-state index >= 15 is 0 Å². The topological polar surface area (TPSA) is 144 Å². The first kappa shape index (κ1) is 60.1.